The van der Waals surface area contributed by atoms with E-state index in [1.807, 2.05) is 18.2 Å². The van der Waals surface area contributed by atoms with E-state index in [0.29, 0.717) is 41.6 Å². The molecule has 0 radical (unpaired) electrons. The van der Waals surface area contributed by atoms with E-state index in [1.165, 1.54) is 6.42 Å². The molecule has 3 atom stereocenters. The van der Waals surface area contributed by atoms with E-state index in [9.17, 15) is 14.4 Å². The van der Waals surface area contributed by atoms with Crippen LogP contribution in [0.5, 0.6) is 5.75 Å². The number of hydrogen-bond donors (Lipinski definition) is 3. The number of likely N-dealkylation sites (N-methyl/N-ethyl adjacent to an activating group) is 1. The number of para-hydroxylation sites is 1. The Labute approximate surface area is 210 Å². The number of carbonyl (C=O) groups is 3. The third-order valence-corrected chi connectivity index (χ3v) is 7.18. The molecule has 190 valence electrons. The zero-order valence-electron chi connectivity index (χ0n) is 20.4. The van der Waals surface area contributed by atoms with Crippen LogP contribution < -0.4 is 20.7 Å². The van der Waals surface area contributed by atoms with Gasteiger partial charge < -0.3 is 30.3 Å². The summed E-state index contributed by atoms with van der Waals surface area (Å²) < 4.78 is 12.3. The summed E-state index contributed by atoms with van der Waals surface area (Å²) in [6.45, 7) is 0.275. The molecule has 2 fully saturated rings. The second-order valence-corrected chi connectivity index (χ2v) is 9.72. The molecule has 0 spiro atoms. The standard InChI is InChI=1S/C27H32N4O5/c1-31-22-12-11-20(15-25(32)28-17-8-5-9-17)36-24(22)16-35-23-13-10-19(14-21(23)26(31)33)30-27(34)29-18-6-3-2-4-7-18/h2-4,6-7,10,13-14,17,20,22,24H,5,8-9,11-12,15-16H2,1H3,(H,28,32)(H2,29,30,34)/t20-,22+,24-/m1/s1. The highest BCUT2D eigenvalue weighted by Crippen LogP contribution is 2.32. The van der Waals surface area contributed by atoms with E-state index in [1.54, 1.807) is 42.3 Å². The molecule has 3 N–H and O–H groups in total. The first-order valence-corrected chi connectivity index (χ1v) is 12.6. The number of nitrogens with zero attached hydrogens (tertiary/aromatic N) is 1. The van der Waals surface area contributed by atoms with Crippen molar-refractivity contribution in [1.82, 2.24) is 10.2 Å². The molecule has 3 aliphatic rings. The zero-order chi connectivity index (χ0) is 25.1. The minimum atomic E-state index is -0.401. The van der Waals surface area contributed by atoms with E-state index >= 15 is 0 Å². The first-order chi connectivity index (χ1) is 17.5. The van der Waals surface area contributed by atoms with Gasteiger partial charge in [0.2, 0.25) is 5.91 Å². The number of ether oxygens (including phenoxy) is 2. The van der Waals surface area contributed by atoms with Gasteiger partial charge in [0, 0.05) is 24.5 Å². The number of fused-ring (bicyclic) bond motifs is 2. The van der Waals surface area contributed by atoms with Crippen LogP contribution in [-0.4, -0.2) is 60.7 Å². The molecule has 2 aromatic rings. The SMILES string of the molecule is CN1C(=O)c2cc(NC(=O)Nc3ccccc3)ccc2OC[C@H]2O[C@@H](CC(=O)NC3CCC3)CC[C@@H]21. The van der Waals surface area contributed by atoms with Crippen LogP contribution in [0.4, 0.5) is 16.2 Å². The molecule has 4 amide bonds. The van der Waals surface area contributed by atoms with Crippen LogP contribution in [0.3, 0.4) is 0 Å². The van der Waals surface area contributed by atoms with E-state index in [4.69, 9.17) is 9.47 Å². The normalized spacial score (nSPS) is 23.6. The van der Waals surface area contributed by atoms with Gasteiger partial charge in [-0.15, -0.1) is 0 Å². The fourth-order valence-corrected chi connectivity index (χ4v) is 4.97. The van der Waals surface area contributed by atoms with Gasteiger partial charge in [-0.25, -0.2) is 4.79 Å². The minimum Gasteiger partial charge on any atom is -0.490 e. The summed E-state index contributed by atoms with van der Waals surface area (Å²) in [5.74, 6) is 0.269. The average Bonchev–Trinajstić information content (AvgIpc) is 2.84. The van der Waals surface area contributed by atoms with Crippen molar-refractivity contribution in [2.24, 2.45) is 0 Å². The van der Waals surface area contributed by atoms with Gasteiger partial charge in [0.15, 0.2) is 0 Å². The lowest BCUT2D eigenvalue weighted by Crippen LogP contribution is -2.54. The molecule has 1 saturated carbocycles. The molecular weight excluding hydrogens is 460 g/mol. The highest BCUT2D eigenvalue weighted by molar-refractivity contribution is 6.02. The Morgan fingerprint density at radius 2 is 1.78 bits per heavy atom. The summed E-state index contributed by atoms with van der Waals surface area (Å²) >= 11 is 0. The minimum absolute atomic E-state index is 0.0287. The molecule has 2 heterocycles. The number of nitrogens with one attached hydrogen (secondary N) is 3. The van der Waals surface area contributed by atoms with Crippen molar-refractivity contribution in [3.05, 3.63) is 54.1 Å². The highest BCUT2D eigenvalue weighted by atomic mass is 16.5. The van der Waals surface area contributed by atoms with Gasteiger partial charge in [0.05, 0.1) is 24.1 Å². The van der Waals surface area contributed by atoms with Crippen LogP contribution in [0, 0.1) is 0 Å². The Kier molecular flexibility index (Phi) is 7.09. The summed E-state index contributed by atoms with van der Waals surface area (Å²) in [6.07, 6.45) is 4.52. The first kappa shape index (κ1) is 24.1. The Balaban J connectivity index is 1.23. The van der Waals surface area contributed by atoms with Crippen LogP contribution in [-0.2, 0) is 9.53 Å². The first-order valence-electron chi connectivity index (χ1n) is 12.6. The summed E-state index contributed by atoms with van der Waals surface area (Å²) in [5.41, 5.74) is 1.54. The second-order valence-electron chi connectivity index (χ2n) is 9.72. The Bertz CT molecular complexity index is 1120. The van der Waals surface area contributed by atoms with Crippen molar-refractivity contribution in [3.63, 3.8) is 0 Å². The quantitative estimate of drug-likeness (QED) is 0.589. The molecule has 5 rings (SSSR count). The number of hydrogen-bond acceptors (Lipinski definition) is 5. The number of urea groups is 1. The van der Waals surface area contributed by atoms with E-state index in [-0.39, 0.29) is 36.7 Å². The maximum absolute atomic E-state index is 13.4. The van der Waals surface area contributed by atoms with Gasteiger partial charge in [-0.1, -0.05) is 18.2 Å². The smallest absolute Gasteiger partial charge is 0.323 e. The summed E-state index contributed by atoms with van der Waals surface area (Å²) in [6, 6.07) is 13.9. The number of amides is 4. The molecule has 9 heteroatoms. The maximum Gasteiger partial charge on any atom is 0.323 e. The monoisotopic (exact) mass is 492 g/mol. The molecule has 1 saturated heterocycles. The van der Waals surface area contributed by atoms with Gasteiger partial charge in [0.1, 0.15) is 18.5 Å². The fourth-order valence-electron chi connectivity index (χ4n) is 4.97. The molecular formula is C27H32N4O5. The molecule has 36 heavy (non-hydrogen) atoms. The van der Waals surface area contributed by atoms with E-state index < -0.39 is 6.03 Å². The van der Waals surface area contributed by atoms with Gasteiger partial charge in [-0.3, -0.25) is 9.59 Å². The molecule has 2 aliphatic heterocycles. The lowest BCUT2D eigenvalue weighted by Gasteiger charge is -2.42. The molecule has 0 unspecified atom stereocenters. The second kappa shape index (κ2) is 10.6. The lowest BCUT2D eigenvalue weighted by molar-refractivity contribution is -0.135. The van der Waals surface area contributed by atoms with Crippen molar-refractivity contribution >= 4 is 29.2 Å². The number of rotatable bonds is 5. The Morgan fingerprint density at radius 1 is 1.00 bits per heavy atom. The van der Waals surface area contributed by atoms with Gasteiger partial charge >= 0.3 is 6.03 Å². The largest absolute Gasteiger partial charge is 0.490 e. The molecule has 1 aliphatic carbocycles. The predicted octanol–water partition coefficient (Wildman–Crippen LogP) is 3.77. The topological polar surface area (TPSA) is 109 Å². The lowest BCUT2D eigenvalue weighted by atomic mass is 9.92. The van der Waals surface area contributed by atoms with Gasteiger partial charge in [-0.05, 0) is 62.4 Å². The summed E-state index contributed by atoms with van der Waals surface area (Å²) in [5, 5.41) is 8.61. The van der Waals surface area contributed by atoms with Crippen LogP contribution in [0.25, 0.3) is 0 Å². The third kappa shape index (κ3) is 5.46. The maximum atomic E-state index is 13.4. The van der Waals surface area contributed by atoms with Crippen molar-refractivity contribution < 1.29 is 23.9 Å². The van der Waals surface area contributed by atoms with Crippen molar-refractivity contribution in [2.45, 2.75) is 62.8 Å². The molecule has 9 nitrogen and oxygen atoms in total. The van der Waals surface area contributed by atoms with Crippen LogP contribution in [0.1, 0.15) is 48.9 Å². The molecule has 0 bridgehead atoms. The van der Waals surface area contributed by atoms with E-state index in [2.05, 4.69) is 16.0 Å². The Hall–Kier alpha value is -3.59. The summed E-state index contributed by atoms with van der Waals surface area (Å²) in [7, 11) is 1.77. The number of anilines is 2. The fraction of sp³-hybridized carbons (Fsp3) is 0.444. The van der Waals surface area contributed by atoms with E-state index in [0.717, 1.165) is 19.3 Å². The molecule has 0 aromatic heterocycles. The average molecular weight is 493 g/mol. The number of benzene rings is 2. The predicted molar refractivity (Wildman–Crippen MR) is 135 cm³/mol. The van der Waals surface area contributed by atoms with Crippen molar-refractivity contribution in [3.8, 4) is 5.75 Å². The van der Waals surface area contributed by atoms with Crippen LogP contribution >= 0.6 is 0 Å². The van der Waals surface area contributed by atoms with Gasteiger partial charge in [-0.2, -0.15) is 0 Å². The number of carbonyl (C=O) groups excluding carboxylic acids is 3. The van der Waals surface area contributed by atoms with Gasteiger partial charge in [0.25, 0.3) is 5.91 Å². The third-order valence-electron chi connectivity index (χ3n) is 7.18. The Morgan fingerprint density at radius 3 is 2.53 bits per heavy atom. The van der Waals surface area contributed by atoms with Crippen LogP contribution in [0.2, 0.25) is 0 Å². The zero-order valence-corrected chi connectivity index (χ0v) is 20.4. The highest BCUT2D eigenvalue weighted by Gasteiger charge is 2.39. The molecule has 2 aromatic carbocycles. The summed E-state index contributed by atoms with van der Waals surface area (Å²) in [4.78, 5) is 39.9. The van der Waals surface area contributed by atoms with Crippen molar-refractivity contribution in [1.29, 1.82) is 0 Å². The van der Waals surface area contributed by atoms with Crippen molar-refractivity contribution in [2.75, 3.05) is 24.3 Å². The van der Waals surface area contributed by atoms with Crippen LogP contribution in [0.15, 0.2) is 48.5 Å².